The third-order valence-corrected chi connectivity index (χ3v) is 4.19. The van der Waals surface area contributed by atoms with Crippen LogP contribution in [-0.4, -0.2) is 6.54 Å². The van der Waals surface area contributed by atoms with Gasteiger partial charge in [0.2, 0.25) is 0 Å². The second kappa shape index (κ2) is 6.59. The van der Waals surface area contributed by atoms with Crippen molar-refractivity contribution in [3.05, 3.63) is 69.0 Å². The van der Waals surface area contributed by atoms with E-state index >= 15 is 0 Å². The molecule has 0 aliphatic carbocycles. The highest BCUT2D eigenvalue weighted by atomic mass is 35.5. The van der Waals surface area contributed by atoms with Gasteiger partial charge in [0.1, 0.15) is 5.82 Å². The van der Waals surface area contributed by atoms with Crippen molar-refractivity contribution < 1.29 is 4.39 Å². The largest absolute Gasteiger partial charge is 0.307 e. The summed E-state index contributed by atoms with van der Waals surface area (Å²) in [6.07, 6.45) is 0. The van der Waals surface area contributed by atoms with E-state index in [0.29, 0.717) is 0 Å². The molecule has 1 N–H and O–H groups in total. The molecular formula is C18H21ClFN. The molecule has 0 fully saturated rings. The zero-order valence-electron chi connectivity index (χ0n) is 12.9. The van der Waals surface area contributed by atoms with Crippen LogP contribution in [0.4, 0.5) is 4.39 Å². The lowest BCUT2D eigenvalue weighted by Gasteiger charge is -2.22. The highest BCUT2D eigenvalue weighted by Gasteiger charge is 2.17. The Hall–Kier alpha value is -1.38. The van der Waals surface area contributed by atoms with Gasteiger partial charge in [-0.3, -0.25) is 0 Å². The summed E-state index contributed by atoms with van der Waals surface area (Å²) in [5.41, 5.74) is 5.80. The topological polar surface area (TPSA) is 12.0 Å². The average molecular weight is 306 g/mol. The predicted molar refractivity (Wildman–Crippen MR) is 87.6 cm³/mol. The lowest BCUT2D eigenvalue weighted by molar-refractivity contribution is 0.602. The molecule has 0 saturated heterocycles. The molecule has 0 aliphatic heterocycles. The number of halogens is 2. The Kier molecular flexibility index (Phi) is 5.02. The fourth-order valence-corrected chi connectivity index (χ4v) is 2.71. The first-order chi connectivity index (χ1) is 9.93. The SMILES string of the molecule is CCNC(c1ccc(Cl)c(F)c1)c1cc(C)c(C)cc1C. The Bertz CT molecular complexity index is 652. The summed E-state index contributed by atoms with van der Waals surface area (Å²) >= 11 is 5.79. The van der Waals surface area contributed by atoms with Gasteiger partial charge in [-0.15, -0.1) is 0 Å². The zero-order valence-corrected chi connectivity index (χ0v) is 13.7. The summed E-state index contributed by atoms with van der Waals surface area (Å²) < 4.78 is 13.8. The van der Waals surface area contributed by atoms with E-state index in [-0.39, 0.29) is 16.9 Å². The maximum Gasteiger partial charge on any atom is 0.142 e. The summed E-state index contributed by atoms with van der Waals surface area (Å²) in [6, 6.07) is 9.36. The van der Waals surface area contributed by atoms with Crippen LogP contribution in [0.5, 0.6) is 0 Å². The molecule has 21 heavy (non-hydrogen) atoms. The molecular weight excluding hydrogens is 285 g/mol. The van der Waals surface area contributed by atoms with Crippen LogP contribution in [-0.2, 0) is 0 Å². The number of aryl methyl sites for hydroxylation is 3. The van der Waals surface area contributed by atoms with Crippen molar-refractivity contribution in [3.8, 4) is 0 Å². The molecule has 112 valence electrons. The number of benzene rings is 2. The summed E-state index contributed by atoms with van der Waals surface area (Å²) in [5, 5.41) is 3.60. The molecule has 3 heteroatoms. The maximum absolute atomic E-state index is 13.8. The molecule has 0 aliphatic rings. The average Bonchev–Trinajstić information content (AvgIpc) is 2.44. The molecule has 1 unspecified atom stereocenters. The molecule has 0 amide bonds. The minimum Gasteiger partial charge on any atom is -0.307 e. The van der Waals surface area contributed by atoms with Crippen LogP contribution in [0.3, 0.4) is 0 Å². The van der Waals surface area contributed by atoms with Crippen molar-refractivity contribution >= 4 is 11.6 Å². The van der Waals surface area contributed by atoms with Gasteiger partial charge in [0.05, 0.1) is 11.1 Å². The van der Waals surface area contributed by atoms with E-state index < -0.39 is 0 Å². The first-order valence-electron chi connectivity index (χ1n) is 7.20. The van der Waals surface area contributed by atoms with Crippen LogP contribution in [0.1, 0.15) is 40.8 Å². The monoisotopic (exact) mass is 305 g/mol. The molecule has 0 saturated carbocycles. The van der Waals surface area contributed by atoms with Gasteiger partial charge in [-0.2, -0.15) is 0 Å². The van der Waals surface area contributed by atoms with Crippen molar-refractivity contribution in [3.63, 3.8) is 0 Å². The van der Waals surface area contributed by atoms with Gasteiger partial charge in [0.25, 0.3) is 0 Å². The molecule has 0 spiro atoms. The molecule has 1 nitrogen and oxygen atoms in total. The van der Waals surface area contributed by atoms with Gasteiger partial charge in [-0.1, -0.05) is 36.7 Å². The quantitative estimate of drug-likeness (QED) is 0.828. The van der Waals surface area contributed by atoms with Crippen LogP contribution in [0.15, 0.2) is 30.3 Å². The van der Waals surface area contributed by atoms with Crippen LogP contribution in [0.2, 0.25) is 5.02 Å². The summed E-state index contributed by atoms with van der Waals surface area (Å²) in [6.45, 7) is 9.16. The maximum atomic E-state index is 13.8. The lowest BCUT2D eigenvalue weighted by Crippen LogP contribution is -2.23. The fraction of sp³-hybridized carbons (Fsp3) is 0.333. The van der Waals surface area contributed by atoms with E-state index in [4.69, 9.17) is 11.6 Å². The first kappa shape index (κ1) is 16.0. The Labute approximate surface area is 131 Å². The molecule has 2 aromatic rings. The minimum atomic E-state index is -0.376. The highest BCUT2D eigenvalue weighted by molar-refractivity contribution is 6.30. The van der Waals surface area contributed by atoms with Gasteiger partial charge >= 0.3 is 0 Å². The zero-order chi connectivity index (χ0) is 15.6. The number of hydrogen-bond acceptors (Lipinski definition) is 1. The van der Waals surface area contributed by atoms with Gasteiger partial charge in [0, 0.05) is 0 Å². The Morgan fingerprint density at radius 1 is 1.05 bits per heavy atom. The van der Waals surface area contributed by atoms with E-state index in [1.165, 1.54) is 28.3 Å². The molecule has 0 aromatic heterocycles. The van der Waals surface area contributed by atoms with Crippen molar-refractivity contribution in [2.24, 2.45) is 0 Å². The van der Waals surface area contributed by atoms with Crippen molar-refractivity contribution in [1.29, 1.82) is 0 Å². The third kappa shape index (κ3) is 3.45. The van der Waals surface area contributed by atoms with Crippen molar-refractivity contribution in [2.45, 2.75) is 33.7 Å². The Morgan fingerprint density at radius 2 is 1.71 bits per heavy atom. The smallest absolute Gasteiger partial charge is 0.142 e. The fourth-order valence-electron chi connectivity index (χ4n) is 2.60. The van der Waals surface area contributed by atoms with Gasteiger partial charge < -0.3 is 5.32 Å². The second-order valence-electron chi connectivity index (χ2n) is 5.46. The molecule has 0 heterocycles. The molecule has 2 rings (SSSR count). The van der Waals surface area contributed by atoms with Crippen LogP contribution in [0.25, 0.3) is 0 Å². The Balaban J connectivity index is 2.52. The van der Waals surface area contributed by atoms with E-state index in [2.05, 4.69) is 45.1 Å². The van der Waals surface area contributed by atoms with E-state index in [1.807, 2.05) is 6.07 Å². The second-order valence-corrected chi connectivity index (χ2v) is 5.86. The standard InChI is InChI=1S/C18H21ClFN/c1-5-21-18(14-6-7-16(19)17(20)10-14)15-9-12(3)11(2)8-13(15)4/h6-10,18,21H,5H2,1-4H3. The third-order valence-electron chi connectivity index (χ3n) is 3.88. The van der Waals surface area contributed by atoms with Crippen LogP contribution < -0.4 is 5.32 Å². The molecule has 0 radical (unpaired) electrons. The predicted octanol–water partition coefficient (Wildman–Crippen LogP) is 5.10. The highest BCUT2D eigenvalue weighted by Crippen LogP contribution is 2.29. The normalized spacial score (nSPS) is 12.5. The van der Waals surface area contributed by atoms with Crippen LogP contribution in [0, 0.1) is 26.6 Å². The number of nitrogens with one attached hydrogen (secondary N) is 1. The lowest BCUT2D eigenvalue weighted by atomic mass is 9.91. The first-order valence-corrected chi connectivity index (χ1v) is 7.58. The summed E-state index contributed by atoms with van der Waals surface area (Å²) in [4.78, 5) is 0. The summed E-state index contributed by atoms with van der Waals surface area (Å²) in [7, 11) is 0. The van der Waals surface area contributed by atoms with Crippen molar-refractivity contribution in [2.75, 3.05) is 6.54 Å². The summed E-state index contributed by atoms with van der Waals surface area (Å²) in [5.74, 6) is -0.376. The minimum absolute atomic E-state index is 0.0268. The van der Waals surface area contributed by atoms with Gasteiger partial charge in [-0.25, -0.2) is 4.39 Å². The van der Waals surface area contributed by atoms with E-state index in [1.54, 1.807) is 6.07 Å². The number of hydrogen-bond donors (Lipinski definition) is 1. The van der Waals surface area contributed by atoms with E-state index in [9.17, 15) is 4.39 Å². The van der Waals surface area contributed by atoms with E-state index in [0.717, 1.165) is 12.1 Å². The molecule has 1 atom stereocenters. The van der Waals surface area contributed by atoms with Crippen molar-refractivity contribution in [1.82, 2.24) is 5.32 Å². The number of rotatable bonds is 4. The Morgan fingerprint density at radius 3 is 2.33 bits per heavy atom. The van der Waals surface area contributed by atoms with Gasteiger partial charge in [0.15, 0.2) is 0 Å². The molecule has 0 bridgehead atoms. The molecule has 2 aromatic carbocycles. The van der Waals surface area contributed by atoms with Crippen LogP contribution >= 0.6 is 11.6 Å². The van der Waals surface area contributed by atoms with Gasteiger partial charge in [-0.05, 0) is 67.3 Å².